The van der Waals surface area contributed by atoms with Gasteiger partial charge in [-0.2, -0.15) is 0 Å². The molecule has 7 nitrogen and oxygen atoms in total. The highest BCUT2D eigenvalue weighted by Gasteiger charge is 2.14. The molecule has 2 N–H and O–H groups in total. The maximum Gasteiger partial charge on any atom is 0.255 e. The highest BCUT2D eigenvalue weighted by Crippen LogP contribution is 2.20. The summed E-state index contributed by atoms with van der Waals surface area (Å²) in [5.74, 6) is 0.0154. The second-order valence-corrected chi connectivity index (χ2v) is 4.72. The van der Waals surface area contributed by atoms with Gasteiger partial charge in [0.1, 0.15) is 11.4 Å². The number of hydrogen-bond donors (Lipinski definition) is 2. The second-order valence-electron chi connectivity index (χ2n) is 4.72. The molecule has 0 aliphatic carbocycles. The summed E-state index contributed by atoms with van der Waals surface area (Å²) in [6.07, 6.45) is 1.56. The molecule has 0 saturated heterocycles. The summed E-state index contributed by atoms with van der Waals surface area (Å²) in [4.78, 5) is 28.2. The summed E-state index contributed by atoms with van der Waals surface area (Å²) < 4.78 is 10.5. The van der Waals surface area contributed by atoms with Crippen LogP contribution in [0.2, 0.25) is 0 Å². The third-order valence-electron chi connectivity index (χ3n) is 3.08. The monoisotopic (exact) mass is 329 g/mol. The van der Waals surface area contributed by atoms with Crippen LogP contribution in [0.4, 0.5) is 5.69 Å². The molecule has 0 saturated carbocycles. The molecule has 0 spiro atoms. The number of ether oxygens (including phenoxy) is 2. The lowest BCUT2D eigenvalue weighted by molar-refractivity contribution is -0.115. The Morgan fingerprint density at radius 2 is 1.96 bits per heavy atom. The first-order valence-electron chi connectivity index (χ1n) is 7.44. The van der Waals surface area contributed by atoms with E-state index in [9.17, 15) is 9.59 Å². The van der Waals surface area contributed by atoms with E-state index in [0.29, 0.717) is 29.5 Å². The molecular formula is C17H19N3O4. The molecule has 1 aromatic carbocycles. The Morgan fingerprint density at radius 1 is 1.17 bits per heavy atom. The topological polar surface area (TPSA) is 89.5 Å². The quantitative estimate of drug-likeness (QED) is 0.809. The Balaban J connectivity index is 1.95. The molecule has 2 rings (SSSR count). The molecule has 7 heteroatoms. The lowest BCUT2D eigenvalue weighted by Gasteiger charge is -2.11. The van der Waals surface area contributed by atoms with Gasteiger partial charge in [-0.15, -0.1) is 0 Å². The van der Waals surface area contributed by atoms with Crippen LogP contribution in [0, 0.1) is 0 Å². The minimum absolute atomic E-state index is 0.183. The molecule has 0 fully saturated rings. The number of nitrogens with zero attached hydrogens (tertiary/aromatic N) is 1. The van der Waals surface area contributed by atoms with Crippen LogP contribution in [0.1, 0.15) is 17.3 Å². The van der Waals surface area contributed by atoms with E-state index in [1.807, 2.05) is 6.92 Å². The summed E-state index contributed by atoms with van der Waals surface area (Å²) in [5, 5.41) is 5.20. The highest BCUT2D eigenvalue weighted by atomic mass is 16.5. The first-order valence-corrected chi connectivity index (χ1v) is 7.44. The second kappa shape index (κ2) is 8.52. The molecule has 1 heterocycles. The molecule has 24 heavy (non-hydrogen) atoms. The van der Waals surface area contributed by atoms with E-state index in [-0.39, 0.29) is 18.4 Å². The van der Waals surface area contributed by atoms with E-state index in [0.717, 1.165) is 0 Å². The summed E-state index contributed by atoms with van der Waals surface area (Å²) in [5.41, 5.74) is 0.820. The van der Waals surface area contributed by atoms with E-state index in [1.54, 1.807) is 42.6 Å². The van der Waals surface area contributed by atoms with Gasteiger partial charge >= 0.3 is 0 Å². The number of para-hydroxylation sites is 1. The fourth-order valence-electron chi connectivity index (χ4n) is 2.03. The number of amides is 2. The van der Waals surface area contributed by atoms with Crippen molar-refractivity contribution < 1.29 is 19.1 Å². The van der Waals surface area contributed by atoms with Crippen LogP contribution < -0.4 is 20.1 Å². The molecule has 0 bridgehead atoms. The number of anilines is 1. The lowest BCUT2D eigenvalue weighted by atomic mass is 10.2. The predicted molar refractivity (Wildman–Crippen MR) is 89.4 cm³/mol. The van der Waals surface area contributed by atoms with E-state index < -0.39 is 0 Å². The van der Waals surface area contributed by atoms with Crippen LogP contribution in [0.5, 0.6) is 11.6 Å². The number of aromatic nitrogens is 1. The van der Waals surface area contributed by atoms with Crippen LogP contribution in [0.15, 0.2) is 42.6 Å². The Bertz CT molecular complexity index is 718. The first kappa shape index (κ1) is 17.3. The van der Waals surface area contributed by atoms with Gasteiger partial charge in [0, 0.05) is 6.20 Å². The third kappa shape index (κ3) is 4.45. The molecule has 0 atom stereocenters. The van der Waals surface area contributed by atoms with Crippen molar-refractivity contribution in [2.75, 3.05) is 25.6 Å². The van der Waals surface area contributed by atoms with Crippen molar-refractivity contribution in [1.82, 2.24) is 10.3 Å². The molecule has 0 radical (unpaired) electrons. The number of pyridine rings is 1. The molecular weight excluding hydrogens is 310 g/mol. The van der Waals surface area contributed by atoms with E-state index >= 15 is 0 Å². The number of benzene rings is 1. The minimum atomic E-state index is -0.386. The van der Waals surface area contributed by atoms with Crippen LogP contribution in [0.25, 0.3) is 0 Å². The van der Waals surface area contributed by atoms with Crippen molar-refractivity contribution in [3.8, 4) is 11.6 Å². The van der Waals surface area contributed by atoms with Gasteiger partial charge in [-0.1, -0.05) is 12.1 Å². The largest absolute Gasteiger partial charge is 0.493 e. The zero-order chi connectivity index (χ0) is 17.4. The predicted octanol–water partition coefficient (Wildman–Crippen LogP) is 1.86. The van der Waals surface area contributed by atoms with Crippen molar-refractivity contribution in [2.24, 2.45) is 0 Å². The number of carbonyl (C=O) groups is 2. The van der Waals surface area contributed by atoms with Crippen molar-refractivity contribution in [2.45, 2.75) is 6.92 Å². The maximum absolute atomic E-state index is 12.2. The van der Waals surface area contributed by atoms with Crippen LogP contribution >= 0.6 is 0 Å². The number of rotatable bonds is 7. The van der Waals surface area contributed by atoms with Gasteiger partial charge in [-0.05, 0) is 31.2 Å². The molecule has 0 aliphatic heterocycles. The Hall–Kier alpha value is -3.09. The Labute approximate surface area is 140 Å². The van der Waals surface area contributed by atoms with Crippen molar-refractivity contribution in [3.05, 3.63) is 48.2 Å². The summed E-state index contributed by atoms with van der Waals surface area (Å²) >= 11 is 0. The maximum atomic E-state index is 12.2. The van der Waals surface area contributed by atoms with Crippen molar-refractivity contribution in [3.63, 3.8) is 0 Å². The molecule has 1 aromatic heterocycles. The molecule has 0 unspecified atom stereocenters. The van der Waals surface area contributed by atoms with Gasteiger partial charge in [0.05, 0.1) is 25.8 Å². The summed E-state index contributed by atoms with van der Waals surface area (Å²) in [7, 11) is 1.46. The highest BCUT2D eigenvalue weighted by molar-refractivity contribution is 6.01. The fourth-order valence-corrected chi connectivity index (χ4v) is 2.03. The van der Waals surface area contributed by atoms with Crippen LogP contribution in [-0.4, -0.2) is 37.1 Å². The van der Waals surface area contributed by atoms with Gasteiger partial charge < -0.3 is 20.1 Å². The van der Waals surface area contributed by atoms with E-state index in [2.05, 4.69) is 15.6 Å². The van der Waals surface area contributed by atoms with Gasteiger partial charge in [-0.3, -0.25) is 9.59 Å². The fraction of sp³-hybridized carbons (Fsp3) is 0.235. The van der Waals surface area contributed by atoms with Gasteiger partial charge in [0.25, 0.3) is 5.91 Å². The Morgan fingerprint density at radius 3 is 2.71 bits per heavy atom. The SMILES string of the molecule is CCOc1ccccc1C(=O)NCC(=O)Nc1cccnc1OC. The molecule has 2 amide bonds. The average molecular weight is 329 g/mol. The van der Waals surface area contributed by atoms with Gasteiger partial charge in [-0.25, -0.2) is 4.98 Å². The number of carbonyl (C=O) groups excluding carboxylic acids is 2. The first-order chi connectivity index (χ1) is 11.7. The third-order valence-corrected chi connectivity index (χ3v) is 3.08. The summed E-state index contributed by atoms with van der Waals surface area (Å²) in [6, 6.07) is 10.2. The number of methoxy groups -OCH3 is 1. The van der Waals surface area contributed by atoms with Crippen LogP contribution in [0.3, 0.4) is 0 Å². The smallest absolute Gasteiger partial charge is 0.255 e. The average Bonchev–Trinajstić information content (AvgIpc) is 2.61. The van der Waals surface area contributed by atoms with E-state index in [4.69, 9.17) is 9.47 Å². The molecule has 2 aromatic rings. The molecule has 126 valence electrons. The van der Waals surface area contributed by atoms with Gasteiger partial charge in [0.15, 0.2) is 0 Å². The summed E-state index contributed by atoms with van der Waals surface area (Å²) in [6.45, 7) is 2.10. The Kier molecular flexibility index (Phi) is 6.13. The number of hydrogen-bond acceptors (Lipinski definition) is 5. The van der Waals surface area contributed by atoms with Crippen molar-refractivity contribution in [1.29, 1.82) is 0 Å². The lowest BCUT2D eigenvalue weighted by Crippen LogP contribution is -2.33. The standard InChI is InChI=1S/C17H19N3O4/c1-3-24-14-9-5-4-7-12(14)16(22)19-11-15(21)20-13-8-6-10-18-17(13)23-2/h4-10H,3,11H2,1-2H3,(H,19,22)(H,20,21). The molecule has 0 aliphatic rings. The minimum Gasteiger partial charge on any atom is -0.493 e. The van der Waals surface area contributed by atoms with E-state index in [1.165, 1.54) is 7.11 Å². The zero-order valence-corrected chi connectivity index (χ0v) is 13.5. The zero-order valence-electron chi connectivity index (χ0n) is 13.5. The van der Waals surface area contributed by atoms with Crippen LogP contribution in [-0.2, 0) is 4.79 Å². The normalized spacial score (nSPS) is 9.92. The van der Waals surface area contributed by atoms with Crippen molar-refractivity contribution >= 4 is 17.5 Å². The van der Waals surface area contributed by atoms with Gasteiger partial charge in [0.2, 0.25) is 11.8 Å². The number of nitrogens with one attached hydrogen (secondary N) is 2.